The van der Waals surface area contributed by atoms with E-state index >= 15 is 0 Å². The topological polar surface area (TPSA) is 72.7 Å². The fraction of sp³-hybridized carbons (Fsp3) is 0.125. The number of aromatic nitrogens is 4. The third-order valence-corrected chi connectivity index (χ3v) is 3.63. The lowest BCUT2D eigenvalue weighted by Gasteiger charge is -2.13. The molecule has 1 aliphatic rings. The van der Waals surface area contributed by atoms with Gasteiger partial charge in [-0.15, -0.1) is 0 Å². The van der Waals surface area contributed by atoms with Crippen LogP contribution in [-0.2, 0) is 6.54 Å². The summed E-state index contributed by atoms with van der Waals surface area (Å²) in [4.78, 5) is 20.3. The second kappa shape index (κ2) is 5.07. The third-order valence-electron chi connectivity index (χ3n) is 3.63. The van der Waals surface area contributed by atoms with Crippen LogP contribution in [0.3, 0.4) is 0 Å². The average Bonchev–Trinajstić information content (AvgIpc) is 3.02. The van der Waals surface area contributed by atoms with Gasteiger partial charge in [-0.05, 0) is 30.3 Å². The molecule has 4 heterocycles. The van der Waals surface area contributed by atoms with Crippen molar-refractivity contribution < 1.29 is 4.79 Å². The van der Waals surface area contributed by atoms with E-state index in [0.29, 0.717) is 18.8 Å². The van der Waals surface area contributed by atoms with Crippen LogP contribution >= 0.6 is 0 Å². The molecule has 6 nitrogen and oxygen atoms in total. The van der Waals surface area contributed by atoms with E-state index < -0.39 is 0 Å². The molecule has 1 N–H and O–H groups in total. The van der Waals surface area contributed by atoms with Gasteiger partial charge >= 0.3 is 0 Å². The predicted octanol–water partition coefficient (Wildman–Crippen LogP) is 1.75. The first-order valence-electron chi connectivity index (χ1n) is 7.04. The summed E-state index contributed by atoms with van der Waals surface area (Å²) >= 11 is 0. The lowest BCUT2D eigenvalue weighted by Crippen LogP contribution is -2.35. The molecule has 0 aromatic carbocycles. The van der Waals surface area contributed by atoms with Crippen molar-refractivity contribution in [3.8, 4) is 22.5 Å². The highest BCUT2D eigenvalue weighted by Crippen LogP contribution is 2.24. The monoisotopic (exact) mass is 291 g/mol. The Morgan fingerprint density at radius 1 is 1.09 bits per heavy atom. The standard InChI is InChI=1S/C16H13N5O/c22-16-15-9-14(20-21(15)7-6-19-16)11-3-5-18-13(8-11)12-2-1-4-17-10-12/h1-5,8-10H,6-7H2,(H,19,22). The van der Waals surface area contributed by atoms with Crippen molar-refractivity contribution in [2.45, 2.75) is 6.54 Å². The summed E-state index contributed by atoms with van der Waals surface area (Å²) in [6.45, 7) is 1.31. The molecule has 108 valence electrons. The minimum Gasteiger partial charge on any atom is -0.349 e. The third kappa shape index (κ3) is 2.14. The summed E-state index contributed by atoms with van der Waals surface area (Å²) in [6.07, 6.45) is 5.25. The van der Waals surface area contributed by atoms with Crippen molar-refractivity contribution in [2.75, 3.05) is 6.54 Å². The van der Waals surface area contributed by atoms with Crippen molar-refractivity contribution in [3.05, 3.63) is 54.6 Å². The number of carbonyl (C=O) groups is 1. The first kappa shape index (κ1) is 12.7. The van der Waals surface area contributed by atoms with Crippen LogP contribution in [0.25, 0.3) is 22.5 Å². The molecule has 3 aromatic heterocycles. The molecule has 6 heteroatoms. The Morgan fingerprint density at radius 2 is 2.05 bits per heavy atom. The quantitative estimate of drug-likeness (QED) is 0.780. The van der Waals surface area contributed by atoms with Gasteiger partial charge in [0.25, 0.3) is 5.91 Å². The molecule has 0 saturated heterocycles. The number of nitrogens with zero attached hydrogens (tertiary/aromatic N) is 4. The van der Waals surface area contributed by atoms with Gasteiger partial charge in [-0.3, -0.25) is 19.4 Å². The summed E-state index contributed by atoms with van der Waals surface area (Å²) in [5.74, 6) is -0.0773. The molecule has 4 rings (SSSR count). The van der Waals surface area contributed by atoms with E-state index in [0.717, 1.165) is 22.5 Å². The summed E-state index contributed by atoms with van der Waals surface area (Å²) in [6, 6.07) is 9.51. The SMILES string of the molecule is O=C1NCCn2nc(-c3ccnc(-c4cccnc4)c3)cc21. The van der Waals surface area contributed by atoms with Gasteiger partial charge in [-0.25, -0.2) is 0 Å². The van der Waals surface area contributed by atoms with Crippen molar-refractivity contribution in [1.82, 2.24) is 25.1 Å². The Balaban J connectivity index is 1.76. The van der Waals surface area contributed by atoms with Gasteiger partial charge in [-0.2, -0.15) is 5.10 Å². The number of hydrogen-bond acceptors (Lipinski definition) is 4. The Hall–Kier alpha value is -3.02. The Morgan fingerprint density at radius 3 is 2.86 bits per heavy atom. The van der Waals surface area contributed by atoms with Crippen LogP contribution in [0, 0.1) is 0 Å². The maximum atomic E-state index is 11.8. The van der Waals surface area contributed by atoms with Crippen LogP contribution < -0.4 is 5.32 Å². The van der Waals surface area contributed by atoms with E-state index in [4.69, 9.17) is 0 Å². The van der Waals surface area contributed by atoms with Crippen molar-refractivity contribution in [3.63, 3.8) is 0 Å². The molecule has 0 radical (unpaired) electrons. The fourth-order valence-corrected chi connectivity index (χ4v) is 2.54. The minimum atomic E-state index is -0.0773. The summed E-state index contributed by atoms with van der Waals surface area (Å²) < 4.78 is 1.75. The first-order valence-corrected chi connectivity index (χ1v) is 7.04. The van der Waals surface area contributed by atoms with Gasteiger partial charge in [-0.1, -0.05) is 0 Å². The molecule has 0 bridgehead atoms. The molecule has 1 amide bonds. The van der Waals surface area contributed by atoms with Crippen LogP contribution in [0.5, 0.6) is 0 Å². The number of hydrogen-bond donors (Lipinski definition) is 1. The molecular weight excluding hydrogens is 278 g/mol. The van der Waals surface area contributed by atoms with Crippen LogP contribution in [0.4, 0.5) is 0 Å². The van der Waals surface area contributed by atoms with E-state index in [-0.39, 0.29) is 5.91 Å². The smallest absolute Gasteiger partial charge is 0.269 e. The highest BCUT2D eigenvalue weighted by atomic mass is 16.2. The van der Waals surface area contributed by atoms with Gasteiger partial charge in [0, 0.05) is 36.3 Å². The molecule has 0 atom stereocenters. The number of rotatable bonds is 2. The second-order valence-corrected chi connectivity index (χ2v) is 5.07. The first-order chi connectivity index (χ1) is 10.8. The van der Waals surface area contributed by atoms with Crippen molar-refractivity contribution in [1.29, 1.82) is 0 Å². The lowest BCUT2D eigenvalue weighted by molar-refractivity contribution is 0.0924. The normalized spacial score (nSPS) is 13.5. The van der Waals surface area contributed by atoms with E-state index in [1.54, 1.807) is 23.3 Å². The molecule has 0 saturated carbocycles. The van der Waals surface area contributed by atoms with Gasteiger partial charge < -0.3 is 5.32 Å². The molecule has 0 spiro atoms. The maximum absolute atomic E-state index is 11.8. The van der Waals surface area contributed by atoms with Gasteiger partial charge in [0.2, 0.25) is 0 Å². The molecule has 3 aromatic rings. The Kier molecular flexibility index (Phi) is 2.93. The van der Waals surface area contributed by atoms with Crippen LogP contribution in [0.1, 0.15) is 10.5 Å². The van der Waals surface area contributed by atoms with E-state index in [9.17, 15) is 4.79 Å². The number of amides is 1. The molecule has 1 aliphatic heterocycles. The van der Waals surface area contributed by atoms with E-state index in [1.807, 2.05) is 30.3 Å². The zero-order valence-electron chi connectivity index (χ0n) is 11.7. The van der Waals surface area contributed by atoms with Gasteiger partial charge in [0.05, 0.1) is 17.9 Å². The highest BCUT2D eigenvalue weighted by Gasteiger charge is 2.19. The van der Waals surface area contributed by atoms with E-state index in [1.165, 1.54) is 0 Å². The van der Waals surface area contributed by atoms with Crippen LogP contribution in [-0.4, -0.2) is 32.2 Å². The highest BCUT2D eigenvalue weighted by molar-refractivity contribution is 5.94. The summed E-state index contributed by atoms with van der Waals surface area (Å²) in [5, 5.41) is 7.34. The molecular formula is C16H13N5O. The minimum absolute atomic E-state index is 0.0773. The zero-order chi connectivity index (χ0) is 14.9. The Labute approximate surface area is 126 Å². The fourth-order valence-electron chi connectivity index (χ4n) is 2.54. The summed E-state index contributed by atoms with van der Waals surface area (Å²) in [5.41, 5.74) is 4.09. The maximum Gasteiger partial charge on any atom is 0.269 e. The predicted molar refractivity (Wildman–Crippen MR) is 81.0 cm³/mol. The van der Waals surface area contributed by atoms with Crippen LogP contribution in [0.2, 0.25) is 0 Å². The van der Waals surface area contributed by atoms with Gasteiger partial charge in [0.15, 0.2) is 0 Å². The average molecular weight is 291 g/mol. The largest absolute Gasteiger partial charge is 0.349 e. The number of nitrogens with one attached hydrogen (secondary N) is 1. The van der Waals surface area contributed by atoms with Crippen molar-refractivity contribution in [2.24, 2.45) is 0 Å². The molecule has 0 fully saturated rings. The molecule has 0 aliphatic carbocycles. The number of fused-ring (bicyclic) bond motifs is 1. The number of carbonyl (C=O) groups excluding carboxylic acids is 1. The lowest BCUT2D eigenvalue weighted by atomic mass is 10.1. The van der Waals surface area contributed by atoms with Gasteiger partial charge in [0.1, 0.15) is 5.69 Å². The zero-order valence-corrected chi connectivity index (χ0v) is 11.7. The van der Waals surface area contributed by atoms with E-state index in [2.05, 4.69) is 20.4 Å². The summed E-state index contributed by atoms with van der Waals surface area (Å²) in [7, 11) is 0. The Bertz CT molecular complexity index is 841. The second-order valence-electron chi connectivity index (χ2n) is 5.07. The molecule has 0 unspecified atom stereocenters. The van der Waals surface area contributed by atoms with Crippen LogP contribution in [0.15, 0.2) is 48.9 Å². The number of pyridine rings is 2. The van der Waals surface area contributed by atoms with Crippen molar-refractivity contribution >= 4 is 5.91 Å². The molecule has 22 heavy (non-hydrogen) atoms.